The highest BCUT2D eigenvalue weighted by molar-refractivity contribution is 6.24. The van der Waals surface area contributed by atoms with Crippen molar-refractivity contribution in [3.63, 3.8) is 0 Å². The van der Waals surface area contributed by atoms with Gasteiger partial charge in [0.15, 0.2) is 11.6 Å². The molecule has 0 unspecified atom stereocenters. The number of fused-ring (bicyclic) bond motifs is 5. The molecule has 4 aliphatic rings. The number of allylic oxidation sites excluding steroid dienone is 4. The summed E-state index contributed by atoms with van der Waals surface area (Å²) < 4.78 is 0. The molecule has 3 saturated carbocycles. The van der Waals surface area contributed by atoms with Gasteiger partial charge < -0.3 is 0 Å². The summed E-state index contributed by atoms with van der Waals surface area (Å²) >= 11 is 0. The van der Waals surface area contributed by atoms with Crippen molar-refractivity contribution in [3.8, 4) is 0 Å². The standard InChI is InChI=1S/C41H52O2/c1-27(2)15-14-16-28(3)31-22-23-33-35-34(24-26-41(31,33)5)40(4)25-13-12-21-32(40)36(38(42)29-17-8-6-9-18-29)37(35)39(43)30-19-10-7-11-20-30/h6-11,17-20,27-28,31,33-34H,12-16,21-26H2,1-5H3/t28-,31+,33-,34-,40-,41+/m0/s1. The number of ketones is 2. The molecule has 2 aromatic rings. The molecule has 0 bridgehead atoms. The fourth-order valence-corrected chi connectivity index (χ4v) is 10.3. The molecule has 0 heterocycles. The predicted octanol–water partition coefficient (Wildman–Crippen LogP) is 10.8. The van der Waals surface area contributed by atoms with Crippen LogP contribution in [-0.4, -0.2) is 11.6 Å². The Morgan fingerprint density at radius 3 is 2.00 bits per heavy atom. The van der Waals surface area contributed by atoms with Gasteiger partial charge >= 0.3 is 0 Å². The largest absolute Gasteiger partial charge is 0.289 e. The average Bonchev–Trinajstić information content (AvgIpc) is 3.37. The molecule has 3 fully saturated rings. The van der Waals surface area contributed by atoms with Crippen LogP contribution in [0.1, 0.15) is 126 Å². The van der Waals surface area contributed by atoms with Crippen LogP contribution in [0.4, 0.5) is 0 Å². The first-order valence-electron chi connectivity index (χ1n) is 17.3. The van der Waals surface area contributed by atoms with Crippen molar-refractivity contribution in [1.29, 1.82) is 0 Å². The van der Waals surface area contributed by atoms with E-state index >= 15 is 0 Å². The highest BCUT2D eigenvalue weighted by atomic mass is 16.1. The van der Waals surface area contributed by atoms with Crippen LogP contribution in [0.2, 0.25) is 0 Å². The Balaban J connectivity index is 1.53. The lowest BCUT2D eigenvalue weighted by Crippen LogP contribution is -2.48. The Morgan fingerprint density at radius 1 is 0.744 bits per heavy atom. The van der Waals surface area contributed by atoms with Gasteiger partial charge in [0.2, 0.25) is 0 Å². The van der Waals surface area contributed by atoms with Crippen molar-refractivity contribution < 1.29 is 9.59 Å². The predicted molar refractivity (Wildman–Crippen MR) is 177 cm³/mol. The molecular weight excluding hydrogens is 524 g/mol. The molecule has 0 N–H and O–H groups in total. The molecule has 0 radical (unpaired) electrons. The third-order valence-corrected chi connectivity index (χ3v) is 12.5. The summed E-state index contributed by atoms with van der Waals surface area (Å²) in [6, 6.07) is 19.6. The van der Waals surface area contributed by atoms with Crippen molar-refractivity contribution in [3.05, 3.63) is 94.1 Å². The molecule has 4 aliphatic carbocycles. The van der Waals surface area contributed by atoms with Crippen molar-refractivity contribution in [1.82, 2.24) is 0 Å². The van der Waals surface area contributed by atoms with E-state index in [4.69, 9.17) is 0 Å². The molecule has 0 spiro atoms. The molecule has 6 rings (SSSR count). The van der Waals surface area contributed by atoms with Gasteiger partial charge in [0.05, 0.1) is 0 Å². The van der Waals surface area contributed by atoms with Gasteiger partial charge in [-0.1, -0.05) is 132 Å². The minimum atomic E-state index is -0.0455. The summed E-state index contributed by atoms with van der Waals surface area (Å²) in [6.45, 7) is 12.2. The molecule has 228 valence electrons. The molecule has 2 nitrogen and oxygen atoms in total. The maximum atomic E-state index is 14.8. The van der Waals surface area contributed by atoms with Gasteiger partial charge in [-0.3, -0.25) is 9.59 Å². The zero-order valence-electron chi connectivity index (χ0n) is 27.3. The van der Waals surface area contributed by atoms with Crippen LogP contribution >= 0.6 is 0 Å². The normalized spacial score (nSPS) is 31.0. The first kappa shape index (κ1) is 30.3. The van der Waals surface area contributed by atoms with Crippen LogP contribution in [0.15, 0.2) is 83.0 Å². The first-order valence-corrected chi connectivity index (χ1v) is 17.3. The molecule has 0 saturated heterocycles. The van der Waals surface area contributed by atoms with E-state index in [0.29, 0.717) is 34.8 Å². The Bertz CT molecular complexity index is 1410. The van der Waals surface area contributed by atoms with Crippen molar-refractivity contribution in [2.75, 3.05) is 0 Å². The number of carbonyl (C=O) groups excluding carboxylic acids is 2. The van der Waals surface area contributed by atoms with Crippen LogP contribution in [0.5, 0.6) is 0 Å². The molecule has 0 aliphatic heterocycles. The second-order valence-corrected chi connectivity index (χ2v) is 15.3. The van der Waals surface area contributed by atoms with Gasteiger partial charge in [-0.05, 0) is 85.4 Å². The maximum Gasteiger partial charge on any atom is 0.193 e. The van der Waals surface area contributed by atoms with Gasteiger partial charge in [-0.2, -0.15) is 0 Å². The third kappa shape index (κ3) is 5.21. The number of hydrogen-bond acceptors (Lipinski definition) is 2. The Morgan fingerprint density at radius 2 is 1.37 bits per heavy atom. The van der Waals surface area contributed by atoms with E-state index in [2.05, 4.69) is 34.6 Å². The fourth-order valence-electron chi connectivity index (χ4n) is 10.3. The maximum absolute atomic E-state index is 14.8. The first-order chi connectivity index (χ1) is 20.7. The average molecular weight is 577 g/mol. The molecule has 2 aromatic carbocycles. The Hall–Kier alpha value is -2.74. The van der Waals surface area contributed by atoms with Crippen LogP contribution in [-0.2, 0) is 0 Å². The lowest BCUT2D eigenvalue weighted by molar-refractivity contribution is 0.0450. The van der Waals surface area contributed by atoms with Crippen molar-refractivity contribution in [2.45, 2.75) is 105 Å². The summed E-state index contributed by atoms with van der Waals surface area (Å²) in [5.74, 6) is 2.95. The second-order valence-electron chi connectivity index (χ2n) is 15.3. The summed E-state index contributed by atoms with van der Waals surface area (Å²) in [4.78, 5) is 29.5. The fraction of sp³-hybridized carbons (Fsp3) is 0.561. The number of carbonyl (C=O) groups is 2. The molecule has 0 aromatic heterocycles. The van der Waals surface area contributed by atoms with E-state index in [1.807, 2.05) is 60.7 Å². The lowest BCUT2D eigenvalue weighted by Gasteiger charge is -2.56. The summed E-state index contributed by atoms with van der Waals surface area (Å²) in [6.07, 6.45) is 13.0. The second kappa shape index (κ2) is 12.0. The van der Waals surface area contributed by atoms with Crippen LogP contribution < -0.4 is 0 Å². The van der Waals surface area contributed by atoms with Crippen molar-refractivity contribution >= 4 is 11.6 Å². The molecular formula is C41H52O2. The van der Waals surface area contributed by atoms with Crippen LogP contribution in [0.3, 0.4) is 0 Å². The van der Waals surface area contributed by atoms with Gasteiger partial charge in [-0.25, -0.2) is 0 Å². The van der Waals surface area contributed by atoms with E-state index in [1.165, 1.54) is 49.7 Å². The Labute approximate surface area is 260 Å². The summed E-state index contributed by atoms with van der Waals surface area (Å²) in [7, 11) is 0. The minimum Gasteiger partial charge on any atom is -0.289 e. The summed E-state index contributed by atoms with van der Waals surface area (Å²) in [5, 5.41) is 0. The van der Waals surface area contributed by atoms with Gasteiger partial charge in [-0.15, -0.1) is 0 Å². The van der Waals surface area contributed by atoms with Crippen molar-refractivity contribution in [2.24, 2.45) is 40.4 Å². The monoisotopic (exact) mass is 576 g/mol. The molecule has 0 amide bonds. The highest BCUT2D eigenvalue weighted by Crippen LogP contribution is 2.68. The zero-order valence-corrected chi connectivity index (χ0v) is 27.3. The zero-order chi connectivity index (χ0) is 30.4. The molecule has 6 atom stereocenters. The number of benzene rings is 2. The van der Waals surface area contributed by atoms with E-state index in [-0.39, 0.29) is 22.4 Å². The van der Waals surface area contributed by atoms with Gasteiger partial charge in [0, 0.05) is 22.3 Å². The van der Waals surface area contributed by atoms with Crippen LogP contribution in [0, 0.1) is 40.4 Å². The van der Waals surface area contributed by atoms with Crippen LogP contribution in [0.25, 0.3) is 0 Å². The number of Topliss-reactive ketones (excluding diaryl/α,β-unsaturated/α-hetero) is 2. The third-order valence-electron chi connectivity index (χ3n) is 12.5. The quantitative estimate of drug-likeness (QED) is 0.278. The smallest absolute Gasteiger partial charge is 0.193 e. The topological polar surface area (TPSA) is 34.1 Å². The SMILES string of the molecule is CC(C)CCC[C@H](C)[C@H]1CC[C@H]2C3=C(C(=O)c4ccccc4)C(C(=O)c4ccccc4)=C4CCCC[C@]4(C)[C@H]3CC[C@]12C. The lowest BCUT2D eigenvalue weighted by atomic mass is 9.47. The van der Waals surface area contributed by atoms with E-state index in [0.717, 1.165) is 49.2 Å². The minimum absolute atomic E-state index is 0.0455. The van der Waals surface area contributed by atoms with E-state index in [1.54, 1.807) is 0 Å². The van der Waals surface area contributed by atoms with E-state index < -0.39 is 0 Å². The summed E-state index contributed by atoms with van der Waals surface area (Å²) in [5.41, 5.74) is 5.76. The van der Waals surface area contributed by atoms with Gasteiger partial charge in [0.1, 0.15) is 0 Å². The van der Waals surface area contributed by atoms with E-state index in [9.17, 15) is 9.59 Å². The highest BCUT2D eigenvalue weighted by Gasteiger charge is 2.59. The number of hydrogen-bond donors (Lipinski definition) is 0. The molecule has 43 heavy (non-hydrogen) atoms. The molecule has 2 heteroatoms. The number of rotatable bonds is 9. The van der Waals surface area contributed by atoms with Gasteiger partial charge in [0.25, 0.3) is 0 Å². The Kier molecular flexibility index (Phi) is 8.44.